The molecule has 0 aromatic rings. The molecule has 19 heavy (non-hydrogen) atoms. The average molecular weight is 286 g/mol. The number of carbonyl (C=O) groups is 1. The maximum atomic E-state index is 12.2. The summed E-state index contributed by atoms with van der Waals surface area (Å²) in [6.07, 6.45) is 2.69. The predicted molar refractivity (Wildman–Crippen MR) is 80.9 cm³/mol. The lowest BCUT2D eigenvalue weighted by Crippen LogP contribution is -2.63. The van der Waals surface area contributed by atoms with Crippen molar-refractivity contribution in [3.05, 3.63) is 0 Å². The summed E-state index contributed by atoms with van der Waals surface area (Å²) < 4.78 is 5.66. The van der Waals surface area contributed by atoms with Crippen molar-refractivity contribution in [3.63, 3.8) is 0 Å². The van der Waals surface area contributed by atoms with E-state index in [0.717, 1.165) is 12.8 Å². The highest BCUT2D eigenvalue weighted by Crippen LogP contribution is 2.42. The van der Waals surface area contributed by atoms with Crippen LogP contribution >= 0.6 is 12.2 Å². The topological polar surface area (TPSA) is 64.3 Å². The second-order valence-electron chi connectivity index (χ2n) is 5.81. The van der Waals surface area contributed by atoms with Crippen LogP contribution in [0.15, 0.2) is 0 Å². The fourth-order valence-corrected chi connectivity index (χ4v) is 2.80. The lowest BCUT2D eigenvalue weighted by atomic mass is 9.64. The number of ether oxygens (including phenoxy) is 1. The molecule has 0 spiro atoms. The van der Waals surface area contributed by atoms with Crippen LogP contribution in [0, 0.1) is 11.3 Å². The van der Waals surface area contributed by atoms with Crippen molar-refractivity contribution in [3.8, 4) is 0 Å². The molecule has 0 heterocycles. The Morgan fingerprint density at radius 1 is 1.53 bits per heavy atom. The summed E-state index contributed by atoms with van der Waals surface area (Å²) in [5.41, 5.74) is 5.62. The Hall–Kier alpha value is -0.680. The van der Waals surface area contributed by atoms with Gasteiger partial charge in [-0.25, -0.2) is 0 Å². The predicted octanol–water partition coefficient (Wildman–Crippen LogP) is 2.01. The van der Waals surface area contributed by atoms with Gasteiger partial charge in [-0.3, -0.25) is 4.79 Å². The highest BCUT2D eigenvalue weighted by Gasteiger charge is 2.49. The zero-order valence-electron chi connectivity index (χ0n) is 12.4. The summed E-state index contributed by atoms with van der Waals surface area (Å²) >= 11 is 4.98. The first-order chi connectivity index (χ1) is 8.84. The Kier molecular flexibility index (Phi) is 5.74. The van der Waals surface area contributed by atoms with E-state index in [-0.39, 0.29) is 34.4 Å². The second kappa shape index (κ2) is 6.66. The summed E-state index contributed by atoms with van der Waals surface area (Å²) in [4.78, 5) is 12.5. The molecule has 1 aliphatic rings. The number of carbonyl (C=O) groups excluding carboxylic acids is 1. The van der Waals surface area contributed by atoms with Gasteiger partial charge in [0.15, 0.2) is 0 Å². The molecule has 0 radical (unpaired) electrons. The molecule has 1 rings (SSSR count). The van der Waals surface area contributed by atoms with Crippen LogP contribution in [-0.4, -0.2) is 29.6 Å². The molecule has 0 aromatic carbocycles. The van der Waals surface area contributed by atoms with Gasteiger partial charge in [-0.15, -0.1) is 0 Å². The van der Waals surface area contributed by atoms with Crippen LogP contribution in [0.1, 0.15) is 47.0 Å². The molecule has 1 amide bonds. The Bertz CT molecular complexity index is 344. The number of thiocarbonyl (C=S) groups is 1. The van der Waals surface area contributed by atoms with Crippen molar-refractivity contribution in [1.82, 2.24) is 5.32 Å². The summed E-state index contributed by atoms with van der Waals surface area (Å²) in [5.74, 6) is -0.385. The van der Waals surface area contributed by atoms with Crippen molar-refractivity contribution in [2.24, 2.45) is 17.1 Å². The van der Waals surface area contributed by atoms with Gasteiger partial charge >= 0.3 is 0 Å². The van der Waals surface area contributed by atoms with Crippen LogP contribution in [0.5, 0.6) is 0 Å². The zero-order chi connectivity index (χ0) is 14.6. The maximum Gasteiger partial charge on any atom is 0.230 e. The van der Waals surface area contributed by atoms with E-state index in [0.29, 0.717) is 13.0 Å². The first kappa shape index (κ1) is 16.4. The molecule has 1 saturated carbocycles. The van der Waals surface area contributed by atoms with Gasteiger partial charge in [-0.05, 0) is 19.8 Å². The van der Waals surface area contributed by atoms with Crippen molar-refractivity contribution >= 4 is 23.1 Å². The van der Waals surface area contributed by atoms with Crippen molar-refractivity contribution in [2.75, 3.05) is 6.61 Å². The summed E-state index contributed by atoms with van der Waals surface area (Å²) in [6.45, 7) is 8.97. The van der Waals surface area contributed by atoms with Gasteiger partial charge in [0.05, 0.1) is 17.0 Å². The fourth-order valence-electron chi connectivity index (χ4n) is 2.58. The second-order valence-corrected chi connectivity index (χ2v) is 6.28. The molecule has 1 aliphatic carbocycles. The number of hydrogen-bond acceptors (Lipinski definition) is 3. The van der Waals surface area contributed by atoms with Gasteiger partial charge in [0.1, 0.15) is 0 Å². The minimum Gasteiger partial charge on any atom is -0.393 e. The average Bonchev–Trinajstić information content (AvgIpc) is 2.34. The minimum absolute atomic E-state index is 0.0291. The first-order valence-electron chi connectivity index (χ1n) is 7.05. The summed E-state index contributed by atoms with van der Waals surface area (Å²) in [5, 5.41) is 3.07. The van der Waals surface area contributed by atoms with Crippen LogP contribution in [0.3, 0.4) is 0 Å². The van der Waals surface area contributed by atoms with E-state index in [2.05, 4.69) is 19.2 Å². The Labute approximate surface area is 121 Å². The van der Waals surface area contributed by atoms with Crippen molar-refractivity contribution in [1.29, 1.82) is 0 Å². The summed E-state index contributed by atoms with van der Waals surface area (Å²) in [6, 6.07) is 0.144. The maximum absolute atomic E-state index is 12.2. The van der Waals surface area contributed by atoms with Crippen LogP contribution < -0.4 is 11.1 Å². The van der Waals surface area contributed by atoms with Crippen LogP contribution in [0.4, 0.5) is 0 Å². The molecule has 0 bridgehead atoms. The molecule has 3 unspecified atom stereocenters. The largest absolute Gasteiger partial charge is 0.393 e. The van der Waals surface area contributed by atoms with Crippen LogP contribution in [-0.2, 0) is 9.53 Å². The molecule has 0 aliphatic heterocycles. The van der Waals surface area contributed by atoms with Crippen LogP contribution in [0.25, 0.3) is 0 Å². The Balaban J connectivity index is 2.56. The third-order valence-corrected chi connectivity index (χ3v) is 4.38. The normalized spacial score (nSPS) is 26.3. The van der Waals surface area contributed by atoms with Gasteiger partial charge in [-0.2, -0.15) is 0 Å². The van der Waals surface area contributed by atoms with E-state index in [4.69, 9.17) is 22.7 Å². The van der Waals surface area contributed by atoms with Crippen molar-refractivity contribution < 1.29 is 9.53 Å². The Morgan fingerprint density at radius 2 is 2.16 bits per heavy atom. The lowest BCUT2D eigenvalue weighted by Gasteiger charge is -2.51. The number of hydrogen-bond donors (Lipinski definition) is 2. The van der Waals surface area contributed by atoms with Gasteiger partial charge in [0.25, 0.3) is 0 Å². The minimum atomic E-state index is -0.345. The van der Waals surface area contributed by atoms with E-state index >= 15 is 0 Å². The van der Waals surface area contributed by atoms with E-state index in [1.807, 2.05) is 13.8 Å². The first-order valence-corrected chi connectivity index (χ1v) is 7.46. The highest BCUT2D eigenvalue weighted by atomic mass is 32.1. The molecular formula is C14H26N2O2S. The quantitative estimate of drug-likeness (QED) is 0.703. The zero-order valence-corrected chi connectivity index (χ0v) is 13.2. The van der Waals surface area contributed by atoms with E-state index in [1.165, 1.54) is 0 Å². The summed E-state index contributed by atoms with van der Waals surface area (Å²) in [7, 11) is 0. The number of nitrogens with one attached hydrogen (secondary N) is 1. The van der Waals surface area contributed by atoms with Crippen LogP contribution in [0.2, 0.25) is 0 Å². The molecule has 5 heteroatoms. The van der Waals surface area contributed by atoms with Crippen molar-refractivity contribution in [2.45, 2.75) is 59.1 Å². The number of amides is 1. The lowest BCUT2D eigenvalue weighted by molar-refractivity contribution is -0.138. The number of rotatable bonds is 7. The van der Waals surface area contributed by atoms with Gasteiger partial charge in [0.2, 0.25) is 5.91 Å². The molecular weight excluding hydrogens is 260 g/mol. The molecule has 3 N–H and O–H groups in total. The molecule has 4 nitrogen and oxygen atoms in total. The SMILES string of the molecule is CCCC(C(=O)NC1CC(OCC)C1(C)C)C(N)=S. The van der Waals surface area contributed by atoms with E-state index in [1.54, 1.807) is 0 Å². The van der Waals surface area contributed by atoms with Gasteiger partial charge in [-0.1, -0.05) is 39.4 Å². The highest BCUT2D eigenvalue weighted by molar-refractivity contribution is 7.80. The smallest absolute Gasteiger partial charge is 0.230 e. The monoisotopic (exact) mass is 286 g/mol. The molecule has 0 saturated heterocycles. The van der Waals surface area contributed by atoms with Gasteiger partial charge in [0, 0.05) is 18.1 Å². The molecule has 0 aromatic heterocycles. The van der Waals surface area contributed by atoms with Gasteiger partial charge < -0.3 is 15.8 Å². The fraction of sp³-hybridized carbons (Fsp3) is 0.857. The molecule has 1 fully saturated rings. The molecule has 110 valence electrons. The van der Waals surface area contributed by atoms with E-state index in [9.17, 15) is 4.79 Å². The Morgan fingerprint density at radius 3 is 2.58 bits per heavy atom. The third-order valence-electron chi connectivity index (χ3n) is 4.10. The standard InChI is InChI=1S/C14H26N2O2S/c1-5-7-9(12(15)19)13(17)16-10-8-11(18-6-2)14(10,3)4/h9-11H,5-8H2,1-4H3,(H2,15,19)(H,16,17). The van der Waals surface area contributed by atoms with E-state index < -0.39 is 0 Å². The number of nitrogens with two attached hydrogens (primary N) is 1. The third kappa shape index (κ3) is 3.66. The molecule has 3 atom stereocenters.